The predicted molar refractivity (Wildman–Crippen MR) is 62.2 cm³/mol. The molecule has 1 aromatic carbocycles. The third-order valence-corrected chi connectivity index (χ3v) is 2.11. The maximum Gasteiger partial charge on any atom is 0.454 e. The van der Waals surface area contributed by atoms with E-state index in [-0.39, 0.29) is 5.56 Å². The van der Waals surface area contributed by atoms with Crippen LogP contribution in [0.15, 0.2) is 24.3 Å². The van der Waals surface area contributed by atoms with Gasteiger partial charge in [-0.3, -0.25) is 4.79 Å². The van der Waals surface area contributed by atoms with Gasteiger partial charge in [-0.1, -0.05) is 24.0 Å². The first-order chi connectivity index (χ1) is 8.45. The van der Waals surface area contributed by atoms with Crippen LogP contribution in [0.1, 0.15) is 22.3 Å². The van der Waals surface area contributed by atoms with Gasteiger partial charge >= 0.3 is 6.18 Å². The second-order valence-electron chi connectivity index (χ2n) is 3.56. The Bertz CT molecular complexity index is 483. The van der Waals surface area contributed by atoms with E-state index < -0.39 is 12.0 Å². The van der Waals surface area contributed by atoms with Crippen LogP contribution >= 0.6 is 0 Å². The van der Waals surface area contributed by atoms with Crippen molar-refractivity contribution in [2.75, 3.05) is 13.6 Å². The third-order valence-electron chi connectivity index (χ3n) is 2.11. The number of ketones is 1. The smallest absolute Gasteiger partial charge is 0.319 e. The maximum atomic E-state index is 12.2. The highest BCUT2D eigenvalue weighted by Crippen LogP contribution is 2.21. The Balaban J connectivity index is 2.85. The number of hydrogen-bond acceptors (Lipinski definition) is 2. The Morgan fingerprint density at radius 2 is 2.11 bits per heavy atom. The lowest BCUT2D eigenvalue weighted by Crippen LogP contribution is -2.22. The fourth-order valence-electron chi connectivity index (χ4n) is 1.25. The van der Waals surface area contributed by atoms with Crippen molar-refractivity contribution in [3.63, 3.8) is 0 Å². The zero-order valence-electron chi connectivity index (χ0n) is 9.77. The van der Waals surface area contributed by atoms with Gasteiger partial charge in [0.1, 0.15) is 0 Å². The van der Waals surface area contributed by atoms with Crippen molar-refractivity contribution in [2.24, 2.45) is 0 Å². The Hall–Kier alpha value is -1.80. The molecule has 1 N–H and O–H groups in total. The van der Waals surface area contributed by atoms with E-state index in [9.17, 15) is 18.0 Å². The molecule has 0 aliphatic rings. The Morgan fingerprint density at radius 1 is 1.39 bits per heavy atom. The zero-order valence-corrected chi connectivity index (χ0v) is 9.77. The van der Waals surface area contributed by atoms with Crippen LogP contribution in [0, 0.1) is 11.8 Å². The van der Waals surface area contributed by atoms with Gasteiger partial charge in [0, 0.05) is 24.1 Å². The predicted octanol–water partition coefficient (Wildman–Crippen LogP) is 2.39. The number of benzene rings is 1. The van der Waals surface area contributed by atoms with Gasteiger partial charge in [-0.2, -0.15) is 13.2 Å². The van der Waals surface area contributed by atoms with Crippen LogP contribution in [-0.2, 0) is 0 Å². The minimum absolute atomic E-state index is 0.386. The van der Waals surface area contributed by atoms with Gasteiger partial charge in [0.25, 0.3) is 5.78 Å². The summed E-state index contributed by atoms with van der Waals surface area (Å²) < 4.78 is 36.7. The molecule has 96 valence electrons. The summed E-state index contributed by atoms with van der Waals surface area (Å²) in [4.78, 5) is 11.0. The van der Waals surface area contributed by atoms with Gasteiger partial charge in [-0.25, -0.2) is 0 Å². The molecule has 0 amide bonds. The van der Waals surface area contributed by atoms with Crippen LogP contribution < -0.4 is 5.32 Å². The standard InChI is InChI=1S/C13H12F3NO/c1-17-8-3-2-5-10-6-4-7-11(9-10)12(18)13(14,15)16/h4,6-7,9,17H,3,8H2,1H3. The highest BCUT2D eigenvalue weighted by molar-refractivity contribution is 6.00. The third kappa shape index (κ3) is 4.22. The summed E-state index contributed by atoms with van der Waals surface area (Å²) in [5.74, 6) is 3.67. The largest absolute Gasteiger partial charge is 0.454 e. The first-order valence-electron chi connectivity index (χ1n) is 5.30. The minimum atomic E-state index is -4.85. The van der Waals surface area contributed by atoms with Gasteiger partial charge < -0.3 is 5.32 Å². The Kier molecular flexibility index (Phi) is 4.93. The van der Waals surface area contributed by atoms with Gasteiger partial charge in [-0.15, -0.1) is 0 Å². The number of Topliss-reactive ketones (excluding diaryl/α,β-unsaturated/α-hetero) is 1. The highest BCUT2D eigenvalue weighted by Gasteiger charge is 2.39. The number of rotatable bonds is 3. The summed E-state index contributed by atoms with van der Waals surface area (Å²) in [6.45, 7) is 0.703. The molecule has 2 nitrogen and oxygen atoms in total. The van der Waals surface area contributed by atoms with E-state index in [0.29, 0.717) is 18.5 Å². The van der Waals surface area contributed by atoms with Crippen molar-refractivity contribution in [2.45, 2.75) is 12.6 Å². The summed E-state index contributed by atoms with van der Waals surface area (Å²) in [6, 6.07) is 5.25. The fourth-order valence-corrected chi connectivity index (χ4v) is 1.25. The monoisotopic (exact) mass is 255 g/mol. The zero-order chi connectivity index (χ0) is 13.6. The van der Waals surface area contributed by atoms with Gasteiger partial charge in [0.05, 0.1) is 0 Å². The number of carbonyl (C=O) groups is 1. The molecular formula is C13H12F3NO. The quantitative estimate of drug-likeness (QED) is 0.510. The van der Waals surface area contributed by atoms with Crippen LogP contribution in [-0.4, -0.2) is 25.6 Å². The topological polar surface area (TPSA) is 29.1 Å². The average Bonchev–Trinajstić information content (AvgIpc) is 2.33. The normalized spacial score (nSPS) is 10.7. The fraction of sp³-hybridized carbons (Fsp3) is 0.308. The van der Waals surface area contributed by atoms with Crippen molar-refractivity contribution in [3.8, 4) is 11.8 Å². The van der Waals surface area contributed by atoms with E-state index >= 15 is 0 Å². The van der Waals surface area contributed by atoms with Gasteiger partial charge in [-0.05, 0) is 19.2 Å². The number of halogens is 3. The molecule has 0 aliphatic carbocycles. The van der Waals surface area contributed by atoms with Crippen molar-refractivity contribution in [1.82, 2.24) is 5.32 Å². The Morgan fingerprint density at radius 3 is 2.72 bits per heavy atom. The first kappa shape index (κ1) is 14.3. The SMILES string of the molecule is CNCCC#Cc1cccc(C(=O)C(F)(F)F)c1. The molecule has 0 bridgehead atoms. The van der Waals surface area contributed by atoms with Crippen LogP contribution in [0.3, 0.4) is 0 Å². The van der Waals surface area contributed by atoms with Crippen LogP contribution in [0.4, 0.5) is 13.2 Å². The summed E-state index contributed by atoms with van der Waals surface area (Å²) >= 11 is 0. The molecule has 0 saturated heterocycles. The summed E-state index contributed by atoms with van der Waals surface area (Å²) in [5.41, 5.74) is 0.0177. The number of carbonyl (C=O) groups excluding carboxylic acids is 1. The molecule has 0 heterocycles. The second-order valence-corrected chi connectivity index (χ2v) is 3.56. The van der Waals surface area contributed by atoms with Crippen molar-refractivity contribution in [3.05, 3.63) is 35.4 Å². The van der Waals surface area contributed by atoms with E-state index in [0.717, 1.165) is 12.1 Å². The lowest BCUT2D eigenvalue weighted by Gasteiger charge is -2.04. The van der Waals surface area contributed by atoms with Crippen molar-refractivity contribution in [1.29, 1.82) is 0 Å². The molecule has 0 saturated carbocycles. The summed E-state index contributed by atoms with van der Waals surface area (Å²) in [5, 5.41) is 2.90. The molecule has 0 atom stereocenters. The van der Waals surface area contributed by atoms with E-state index in [4.69, 9.17) is 0 Å². The molecule has 0 fully saturated rings. The molecule has 5 heteroatoms. The second kappa shape index (κ2) is 6.22. The lowest BCUT2D eigenvalue weighted by atomic mass is 10.1. The van der Waals surface area contributed by atoms with E-state index in [1.807, 2.05) is 0 Å². The summed E-state index contributed by atoms with van der Waals surface area (Å²) in [6.07, 6.45) is -4.26. The van der Waals surface area contributed by atoms with Crippen molar-refractivity contribution >= 4 is 5.78 Å². The molecule has 0 unspecified atom stereocenters. The number of hydrogen-bond donors (Lipinski definition) is 1. The minimum Gasteiger partial charge on any atom is -0.319 e. The molecule has 0 spiro atoms. The molecular weight excluding hydrogens is 243 g/mol. The first-order valence-corrected chi connectivity index (χ1v) is 5.30. The molecule has 1 rings (SSSR count). The number of alkyl halides is 3. The maximum absolute atomic E-state index is 12.2. The average molecular weight is 255 g/mol. The Labute approximate surface area is 103 Å². The van der Waals surface area contributed by atoms with Gasteiger partial charge in [0.2, 0.25) is 0 Å². The summed E-state index contributed by atoms with van der Waals surface area (Å²) in [7, 11) is 1.78. The number of nitrogens with one attached hydrogen (secondary N) is 1. The molecule has 0 aliphatic heterocycles. The molecule has 1 aromatic rings. The van der Waals surface area contributed by atoms with Crippen molar-refractivity contribution < 1.29 is 18.0 Å². The lowest BCUT2D eigenvalue weighted by molar-refractivity contribution is -0.0885. The van der Waals surface area contributed by atoms with Crippen LogP contribution in [0.5, 0.6) is 0 Å². The molecule has 0 radical (unpaired) electrons. The van der Waals surface area contributed by atoms with E-state index in [2.05, 4.69) is 17.2 Å². The van der Waals surface area contributed by atoms with Crippen LogP contribution in [0.2, 0.25) is 0 Å². The van der Waals surface area contributed by atoms with E-state index in [1.54, 1.807) is 13.1 Å². The van der Waals surface area contributed by atoms with Crippen LogP contribution in [0.25, 0.3) is 0 Å². The van der Waals surface area contributed by atoms with E-state index in [1.165, 1.54) is 6.07 Å². The highest BCUT2D eigenvalue weighted by atomic mass is 19.4. The van der Waals surface area contributed by atoms with Gasteiger partial charge in [0.15, 0.2) is 0 Å². The molecule has 0 aromatic heterocycles. The molecule has 18 heavy (non-hydrogen) atoms.